The summed E-state index contributed by atoms with van der Waals surface area (Å²) in [6.45, 7) is 0. The van der Waals surface area contributed by atoms with Crippen molar-refractivity contribution in [2.24, 2.45) is 0 Å². The van der Waals surface area contributed by atoms with E-state index in [9.17, 15) is 0 Å². The normalized spacial score (nSPS) is 12.6. The standard InChI is InChI=1S/C26H14/c1-2-7-21-16(4-1)12-18-10-11-19-13-17-6-3-5-15-8-9-20-14-22(21)24(18)26(19)25(20)23(15)17/h1-14H. The van der Waals surface area contributed by atoms with E-state index >= 15 is 0 Å². The number of benzene rings is 7. The van der Waals surface area contributed by atoms with E-state index in [0.717, 1.165) is 0 Å². The maximum absolute atomic E-state index is 2.40. The van der Waals surface area contributed by atoms with Crippen LogP contribution in [0.1, 0.15) is 0 Å². The summed E-state index contributed by atoms with van der Waals surface area (Å²) in [5, 5.41) is 16.4. The molecule has 7 aromatic carbocycles. The third-order valence-electron chi connectivity index (χ3n) is 6.07. The van der Waals surface area contributed by atoms with E-state index in [-0.39, 0.29) is 0 Å². The van der Waals surface area contributed by atoms with Crippen molar-refractivity contribution in [3.8, 4) is 0 Å². The molecule has 26 heavy (non-hydrogen) atoms. The SMILES string of the molecule is c1ccc2c(c1)cc1ccc3cc4cccc5ccc6cc2c1c3c6c54. The molecule has 7 aromatic rings. The van der Waals surface area contributed by atoms with Gasteiger partial charge in [0.05, 0.1) is 0 Å². The summed E-state index contributed by atoms with van der Waals surface area (Å²) in [4.78, 5) is 0. The van der Waals surface area contributed by atoms with Crippen molar-refractivity contribution in [1.29, 1.82) is 0 Å². The third-order valence-corrected chi connectivity index (χ3v) is 6.07. The van der Waals surface area contributed by atoms with E-state index < -0.39 is 0 Å². The van der Waals surface area contributed by atoms with Gasteiger partial charge in [0.25, 0.3) is 0 Å². The average molecular weight is 326 g/mol. The van der Waals surface area contributed by atoms with E-state index in [1.54, 1.807) is 0 Å². The molecule has 0 spiro atoms. The Hall–Kier alpha value is -3.38. The van der Waals surface area contributed by atoms with Crippen LogP contribution in [0.15, 0.2) is 84.9 Å². The topological polar surface area (TPSA) is 0 Å². The lowest BCUT2D eigenvalue weighted by Gasteiger charge is -2.18. The summed E-state index contributed by atoms with van der Waals surface area (Å²) in [7, 11) is 0. The Bertz CT molecular complexity index is 1620. The average Bonchev–Trinajstić information content (AvgIpc) is 2.70. The molecule has 0 atom stereocenters. The predicted octanol–water partition coefficient (Wildman–Crippen LogP) is 7.48. The largest absolute Gasteiger partial charge is 0.0616 e. The highest BCUT2D eigenvalue weighted by Crippen LogP contribution is 2.45. The Balaban J connectivity index is 1.95. The molecule has 0 saturated heterocycles. The second-order valence-electron chi connectivity index (χ2n) is 7.40. The van der Waals surface area contributed by atoms with Crippen molar-refractivity contribution in [2.45, 2.75) is 0 Å². The molecule has 0 saturated carbocycles. The smallest absolute Gasteiger partial charge is 0.00139 e. The molecule has 7 rings (SSSR count). The lowest BCUT2D eigenvalue weighted by molar-refractivity contribution is 1.79. The van der Waals surface area contributed by atoms with Gasteiger partial charge in [-0.15, -0.1) is 0 Å². The first kappa shape index (κ1) is 12.9. The molecule has 0 radical (unpaired) electrons. The van der Waals surface area contributed by atoms with Crippen LogP contribution in [0.4, 0.5) is 0 Å². The molecule has 0 N–H and O–H groups in total. The van der Waals surface area contributed by atoms with Crippen LogP contribution in [0.2, 0.25) is 0 Å². The van der Waals surface area contributed by atoms with Crippen molar-refractivity contribution in [2.75, 3.05) is 0 Å². The van der Waals surface area contributed by atoms with E-state index in [2.05, 4.69) is 84.9 Å². The summed E-state index contributed by atoms with van der Waals surface area (Å²) in [5.74, 6) is 0. The molecule has 0 unspecified atom stereocenters. The molecule has 0 bridgehead atoms. The van der Waals surface area contributed by atoms with Crippen molar-refractivity contribution >= 4 is 64.6 Å². The minimum atomic E-state index is 1.32. The van der Waals surface area contributed by atoms with Crippen LogP contribution < -0.4 is 0 Å². The number of hydrogen-bond acceptors (Lipinski definition) is 0. The van der Waals surface area contributed by atoms with Gasteiger partial charge < -0.3 is 0 Å². The van der Waals surface area contributed by atoms with Crippen molar-refractivity contribution in [3.05, 3.63) is 84.9 Å². The van der Waals surface area contributed by atoms with Gasteiger partial charge in [0.1, 0.15) is 0 Å². The van der Waals surface area contributed by atoms with Crippen LogP contribution >= 0.6 is 0 Å². The molecule has 0 fully saturated rings. The first-order valence-electron chi connectivity index (χ1n) is 9.12. The van der Waals surface area contributed by atoms with Crippen molar-refractivity contribution < 1.29 is 0 Å². The maximum Gasteiger partial charge on any atom is -0.00139 e. The lowest BCUT2D eigenvalue weighted by atomic mass is 9.85. The van der Waals surface area contributed by atoms with E-state index in [1.807, 2.05) is 0 Å². The molecule has 0 nitrogen and oxygen atoms in total. The Labute approximate surface area is 149 Å². The molecule has 0 heterocycles. The summed E-state index contributed by atoms with van der Waals surface area (Å²) in [6.07, 6.45) is 0. The Morgan fingerprint density at radius 3 is 1.81 bits per heavy atom. The molecule has 118 valence electrons. The fourth-order valence-electron chi connectivity index (χ4n) is 5.01. The van der Waals surface area contributed by atoms with Crippen LogP contribution in [0.3, 0.4) is 0 Å². The van der Waals surface area contributed by atoms with Gasteiger partial charge in [0, 0.05) is 0 Å². The van der Waals surface area contributed by atoms with Crippen molar-refractivity contribution in [3.63, 3.8) is 0 Å². The minimum Gasteiger partial charge on any atom is -0.0616 e. The fraction of sp³-hybridized carbons (Fsp3) is 0. The predicted molar refractivity (Wildman–Crippen MR) is 114 cm³/mol. The zero-order chi connectivity index (χ0) is 16.8. The summed E-state index contributed by atoms with van der Waals surface area (Å²) in [6, 6.07) is 31.6. The summed E-state index contributed by atoms with van der Waals surface area (Å²) in [5.41, 5.74) is 0. The third kappa shape index (κ3) is 1.39. The highest BCUT2D eigenvalue weighted by molar-refractivity contribution is 6.38. The zero-order valence-corrected chi connectivity index (χ0v) is 14.1. The van der Waals surface area contributed by atoms with Gasteiger partial charge in [-0.3, -0.25) is 0 Å². The number of rotatable bonds is 0. The maximum atomic E-state index is 2.40. The van der Waals surface area contributed by atoms with E-state index in [0.29, 0.717) is 0 Å². The van der Waals surface area contributed by atoms with Crippen LogP contribution in [-0.4, -0.2) is 0 Å². The zero-order valence-electron chi connectivity index (χ0n) is 14.1. The number of hydrogen-bond donors (Lipinski definition) is 0. The van der Waals surface area contributed by atoms with E-state index in [1.165, 1.54) is 64.6 Å². The van der Waals surface area contributed by atoms with Gasteiger partial charge in [0.2, 0.25) is 0 Å². The molecule has 0 aliphatic heterocycles. The highest BCUT2D eigenvalue weighted by atomic mass is 14.2. The molecule has 0 heteroatoms. The second kappa shape index (κ2) is 4.23. The van der Waals surface area contributed by atoms with Crippen LogP contribution in [0.25, 0.3) is 64.6 Å². The van der Waals surface area contributed by atoms with Gasteiger partial charge in [-0.25, -0.2) is 0 Å². The fourth-order valence-corrected chi connectivity index (χ4v) is 5.01. The van der Waals surface area contributed by atoms with Crippen LogP contribution in [0, 0.1) is 0 Å². The molecule has 0 aliphatic rings. The summed E-state index contributed by atoms with van der Waals surface area (Å²) >= 11 is 0. The second-order valence-corrected chi connectivity index (χ2v) is 7.40. The first-order chi connectivity index (χ1) is 12.9. The lowest BCUT2D eigenvalue weighted by Crippen LogP contribution is -1.90. The highest BCUT2D eigenvalue weighted by Gasteiger charge is 2.16. The number of fused-ring (bicyclic) bond motifs is 2. The van der Waals surface area contributed by atoms with Gasteiger partial charge >= 0.3 is 0 Å². The monoisotopic (exact) mass is 326 g/mol. The van der Waals surface area contributed by atoms with Crippen molar-refractivity contribution in [1.82, 2.24) is 0 Å². The van der Waals surface area contributed by atoms with Gasteiger partial charge in [0.15, 0.2) is 0 Å². The molecule has 0 amide bonds. The Morgan fingerprint density at radius 1 is 0.308 bits per heavy atom. The first-order valence-corrected chi connectivity index (χ1v) is 9.12. The molecule has 0 aliphatic carbocycles. The van der Waals surface area contributed by atoms with Gasteiger partial charge in [-0.05, 0) is 82.8 Å². The molecule has 0 aromatic heterocycles. The minimum absolute atomic E-state index is 1.32. The van der Waals surface area contributed by atoms with Gasteiger partial charge in [-0.1, -0.05) is 66.7 Å². The summed E-state index contributed by atoms with van der Waals surface area (Å²) < 4.78 is 0. The van der Waals surface area contributed by atoms with Crippen LogP contribution in [-0.2, 0) is 0 Å². The van der Waals surface area contributed by atoms with Gasteiger partial charge in [-0.2, -0.15) is 0 Å². The Kier molecular flexibility index (Phi) is 2.10. The Morgan fingerprint density at radius 2 is 0.885 bits per heavy atom. The molecular weight excluding hydrogens is 312 g/mol. The quantitative estimate of drug-likeness (QED) is 0.200. The van der Waals surface area contributed by atoms with E-state index in [4.69, 9.17) is 0 Å². The van der Waals surface area contributed by atoms with Crippen LogP contribution in [0.5, 0.6) is 0 Å². The molecular formula is C26H14.